The van der Waals surface area contributed by atoms with Crippen molar-refractivity contribution in [2.75, 3.05) is 13.2 Å². The van der Waals surface area contributed by atoms with E-state index in [0.717, 1.165) is 18.9 Å². The summed E-state index contributed by atoms with van der Waals surface area (Å²) in [7, 11) is 0. The molecule has 9 heteroatoms. The van der Waals surface area contributed by atoms with Crippen LogP contribution in [0.4, 0.5) is 4.39 Å². The van der Waals surface area contributed by atoms with Crippen molar-refractivity contribution in [3.8, 4) is 11.6 Å². The van der Waals surface area contributed by atoms with Crippen molar-refractivity contribution in [3.05, 3.63) is 49.7 Å². The van der Waals surface area contributed by atoms with E-state index in [1.165, 1.54) is 22.9 Å². The molecule has 1 aliphatic heterocycles. The molecule has 2 N–H and O–H groups in total. The number of rotatable bonds is 4. The zero-order valence-electron chi connectivity index (χ0n) is 13.0. The monoisotopic (exact) mass is 383 g/mol. The van der Waals surface area contributed by atoms with Gasteiger partial charge >= 0.3 is 0 Å². The third-order valence-electron chi connectivity index (χ3n) is 3.84. The molecule has 1 fully saturated rings. The third-order valence-corrected chi connectivity index (χ3v) is 4.41. The topological polar surface area (TPSA) is 79.6 Å². The number of aliphatic imine (C=N–C) groups is 1. The van der Waals surface area contributed by atoms with Crippen LogP contribution in [0.2, 0.25) is 5.02 Å². The molecule has 1 aliphatic rings. The summed E-state index contributed by atoms with van der Waals surface area (Å²) < 4.78 is 20.0. The first-order valence-electron chi connectivity index (χ1n) is 7.62. The quantitative estimate of drug-likeness (QED) is 0.628. The van der Waals surface area contributed by atoms with Crippen LogP contribution in [-0.2, 0) is 4.74 Å². The van der Waals surface area contributed by atoms with E-state index in [2.05, 4.69) is 9.98 Å². The molecule has 0 unspecified atom stereocenters. The summed E-state index contributed by atoms with van der Waals surface area (Å²) in [6, 6.07) is 3.84. The zero-order chi connectivity index (χ0) is 18.0. The molecule has 6 nitrogen and oxygen atoms in total. The molecule has 0 radical (unpaired) electrons. The van der Waals surface area contributed by atoms with Gasteiger partial charge in [-0.1, -0.05) is 11.6 Å². The largest absolute Gasteiger partial charge is 0.494 e. The van der Waals surface area contributed by atoms with Gasteiger partial charge in [-0.2, -0.15) is 0 Å². The van der Waals surface area contributed by atoms with Crippen molar-refractivity contribution in [3.63, 3.8) is 0 Å². The number of H-pyrrole nitrogens is 1. The lowest BCUT2D eigenvalue weighted by molar-refractivity contribution is 0.118. The van der Waals surface area contributed by atoms with Gasteiger partial charge in [0, 0.05) is 12.8 Å². The van der Waals surface area contributed by atoms with Crippen LogP contribution in [0.25, 0.3) is 5.69 Å². The highest BCUT2D eigenvalue weighted by Gasteiger charge is 2.16. The lowest BCUT2D eigenvalue weighted by atomic mass is 10.2. The van der Waals surface area contributed by atoms with Crippen LogP contribution in [0.1, 0.15) is 18.4 Å². The van der Waals surface area contributed by atoms with Crippen LogP contribution in [0.15, 0.2) is 28.0 Å². The summed E-state index contributed by atoms with van der Waals surface area (Å²) in [5, 5.41) is 10.3. The van der Waals surface area contributed by atoms with Gasteiger partial charge in [0.15, 0.2) is 4.77 Å². The second-order valence-electron chi connectivity index (χ2n) is 5.56. The number of ether oxygens (including phenoxy) is 1. The first-order valence-corrected chi connectivity index (χ1v) is 8.41. The van der Waals surface area contributed by atoms with Gasteiger partial charge in [-0.15, -0.1) is 0 Å². The number of aromatic amines is 1. The number of nitrogens with zero attached hydrogens (tertiary/aromatic N) is 2. The molecule has 25 heavy (non-hydrogen) atoms. The Morgan fingerprint density at radius 2 is 2.36 bits per heavy atom. The van der Waals surface area contributed by atoms with Crippen molar-refractivity contribution >= 4 is 30.0 Å². The van der Waals surface area contributed by atoms with Crippen LogP contribution in [0, 0.1) is 10.6 Å². The van der Waals surface area contributed by atoms with E-state index in [9.17, 15) is 14.3 Å². The molecular weight excluding hydrogens is 369 g/mol. The average molecular weight is 384 g/mol. The summed E-state index contributed by atoms with van der Waals surface area (Å²) in [4.78, 5) is 18.7. The Bertz CT molecular complexity index is 935. The molecule has 132 valence electrons. The van der Waals surface area contributed by atoms with E-state index < -0.39 is 17.3 Å². The fourth-order valence-corrected chi connectivity index (χ4v) is 3.03. The van der Waals surface area contributed by atoms with Gasteiger partial charge < -0.3 is 9.84 Å². The maximum Gasteiger partial charge on any atom is 0.264 e. The maximum atomic E-state index is 13.4. The Morgan fingerprint density at radius 3 is 3.04 bits per heavy atom. The number of hydrogen-bond donors (Lipinski definition) is 2. The van der Waals surface area contributed by atoms with Gasteiger partial charge in [-0.05, 0) is 43.3 Å². The Labute approximate surface area is 152 Å². The van der Waals surface area contributed by atoms with Crippen LogP contribution in [0.3, 0.4) is 0 Å². The standard InChI is InChI=1S/C16H15ClFN3O3S/c17-12-6-9(3-4-13(12)18)21-15(23)11(14(22)20-16(21)25)8-19-7-10-2-1-5-24-10/h3-4,6,8,10,23H,1-2,5,7H2,(H,20,22,25)/t10-/m1/s1. The molecule has 0 aliphatic carbocycles. The van der Waals surface area contributed by atoms with E-state index in [1.807, 2.05) is 0 Å². The van der Waals surface area contributed by atoms with Gasteiger partial charge in [-0.25, -0.2) is 4.39 Å². The molecule has 0 amide bonds. The lowest BCUT2D eigenvalue weighted by Gasteiger charge is -2.12. The fraction of sp³-hybridized carbons (Fsp3) is 0.312. The first-order chi connectivity index (χ1) is 12.0. The predicted molar refractivity (Wildman–Crippen MR) is 95.3 cm³/mol. The van der Waals surface area contributed by atoms with Gasteiger partial charge in [0.25, 0.3) is 5.56 Å². The summed E-state index contributed by atoms with van der Waals surface area (Å²) in [5.74, 6) is -0.994. The first kappa shape index (κ1) is 17.8. The van der Waals surface area contributed by atoms with Gasteiger partial charge in [0.2, 0.25) is 5.88 Å². The fourth-order valence-electron chi connectivity index (χ4n) is 2.57. The normalized spacial score (nSPS) is 17.4. The predicted octanol–water partition coefficient (Wildman–Crippen LogP) is 2.99. The second kappa shape index (κ2) is 7.47. The Kier molecular flexibility index (Phi) is 5.31. The summed E-state index contributed by atoms with van der Waals surface area (Å²) in [6.45, 7) is 1.11. The highest BCUT2D eigenvalue weighted by atomic mass is 35.5. The average Bonchev–Trinajstić information content (AvgIpc) is 3.07. The van der Waals surface area contributed by atoms with Gasteiger partial charge in [0.05, 0.1) is 23.4 Å². The molecular formula is C16H15ClFN3O3S. The third kappa shape index (κ3) is 3.81. The second-order valence-corrected chi connectivity index (χ2v) is 6.35. The summed E-state index contributed by atoms with van der Waals surface area (Å²) in [6.07, 6.45) is 3.21. The highest BCUT2D eigenvalue weighted by molar-refractivity contribution is 7.71. The number of halogens is 2. The number of benzene rings is 1. The lowest BCUT2D eigenvalue weighted by Crippen LogP contribution is -2.18. The minimum atomic E-state index is -0.598. The summed E-state index contributed by atoms with van der Waals surface area (Å²) >= 11 is 10.9. The molecule has 3 rings (SSSR count). The summed E-state index contributed by atoms with van der Waals surface area (Å²) in [5.41, 5.74) is -0.297. The molecule has 2 heterocycles. The van der Waals surface area contributed by atoms with Crippen molar-refractivity contribution in [2.45, 2.75) is 18.9 Å². The van der Waals surface area contributed by atoms with Crippen molar-refractivity contribution < 1.29 is 14.2 Å². The van der Waals surface area contributed by atoms with E-state index in [1.54, 1.807) is 0 Å². The molecule has 1 aromatic carbocycles. The van der Waals surface area contributed by atoms with E-state index in [-0.39, 0.29) is 21.5 Å². The van der Waals surface area contributed by atoms with E-state index >= 15 is 0 Å². The number of nitrogens with one attached hydrogen (secondary N) is 1. The van der Waals surface area contributed by atoms with Crippen molar-refractivity contribution in [1.29, 1.82) is 0 Å². The molecule has 1 saturated heterocycles. The Morgan fingerprint density at radius 1 is 1.56 bits per heavy atom. The zero-order valence-corrected chi connectivity index (χ0v) is 14.6. The minimum absolute atomic E-state index is 0.0266. The minimum Gasteiger partial charge on any atom is -0.494 e. The van der Waals surface area contributed by atoms with Crippen LogP contribution in [-0.4, -0.2) is 40.1 Å². The Balaban J connectivity index is 1.99. The number of aromatic nitrogens is 2. The number of aromatic hydroxyl groups is 1. The maximum absolute atomic E-state index is 13.4. The molecule has 1 atom stereocenters. The van der Waals surface area contributed by atoms with Gasteiger partial charge in [0.1, 0.15) is 11.4 Å². The molecule has 0 spiro atoms. The van der Waals surface area contributed by atoms with Crippen LogP contribution < -0.4 is 5.56 Å². The Hall–Kier alpha value is -2.03. The number of hydrogen-bond acceptors (Lipinski definition) is 5. The molecule has 0 bridgehead atoms. The van der Waals surface area contributed by atoms with E-state index in [4.69, 9.17) is 28.6 Å². The molecule has 1 aromatic heterocycles. The van der Waals surface area contributed by atoms with E-state index in [0.29, 0.717) is 18.8 Å². The smallest absolute Gasteiger partial charge is 0.264 e. The van der Waals surface area contributed by atoms with Crippen molar-refractivity contribution in [1.82, 2.24) is 9.55 Å². The van der Waals surface area contributed by atoms with Crippen LogP contribution >= 0.6 is 23.8 Å². The van der Waals surface area contributed by atoms with Crippen LogP contribution in [0.5, 0.6) is 5.88 Å². The molecule has 2 aromatic rings. The van der Waals surface area contributed by atoms with Crippen molar-refractivity contribution in [2.24, 2.45) is 4.99 Å². The highest BCUT2D eigenvalue weighted by Crippen LogP contribution is 2.23. The van der Waals surface area contributed by atoms with Gasteiger partial charge in [-0.3, -0.25) is 19.3 Å². The SMILES string of the molecule is O=c1[nH]c(=S)n(-c2ccc(F)c(Cl)c2)c(O)c1C=NC[C@H]1CCCO1. The molecule has 0 saturated carbocycles.